The van der Waals surface area contributed by atoms with Crippen molar-refractivity contribution in [3.05, 3.63) is 48.0 Å². The van der Waals surface area contributed by atoms with Gasteiger partial charge in [0.25, 0.3) is 11.8 Å². The summed E-state index contributed by atoms with van der Waals surface area (Å²) in [6, 6.07) is 13.9. The molecule has 8 heteroatoms. The molecule has 0 bridgehead atoms. The molecule has 0 saturated carbocycles. The lowest BCUT2D eigenvalue weighted by Crippen LogP contribution is -3.13. The Balaban J connectivity index is 1.51. The average molecular weight is 395 g/mol. The Morgan fingerprint density at radius 1 is 0.966 bits per heavy atom. The first kappa shape index (κ1) is 20.2. The molecular weight excluding hydrogens is 372 g/mol. The van der Waals surface area contributed by atoms with Gasteiger partial charge in [0.05, 0.1) is 18.2 Å². The molecule has 1 unspecified atom stereocenters. The van der Waals surface area contributed by atoms with Gasteiger partial charge in [-0.2, -0.15) is 5.26 Å². The number of hydrogen-bond donors (Lipinski definition) is 3. The van der Waals surface area contributed by atoms with Crippen LogP contribution in [0.15, 0.2) is 42.5 Å². The number of carbonyl (C=O) groups excluding carboxylic acids is 2. The number of rotatable bonds is 7. The summed E-state index contributed by atoms with van der Waals surface area (Å²) in [6.45, 7) is 3.85. The van der Waals surface area contributed by atoms with E-state index in [1.807, 2.05) is 13.0 Å². The lowest BCUT2D eigenvalue weighted by atomic mass is 10.2. The summed E-state index contributed by atoms with van der Waals surface area (Å²) >= 11 is 0. The highest BCUT2D eigenvalue weighted by Gasteiger charge is 2.18. The minimum atomic E-state index is -0.196. The van der Waals surface area contributed by atoms with Crippen LogP contribution >= 0.6 is 0 Å². The van der Waals surface area contributed by atoms with Gasteiger partial charge in [-0.3, -0.25) is 9.59 Å². The Labute approximate surface area is 169 Å². The van der Waals surface area contributed by atoms with E-state index in [-0.39, 0.29) is 24.9 Å². The van der Waals surface area contributed by atoms with Gasteiger partial charge in [0, 0.05) is 17.4 Å². The van der Waals surface area contributed by atoms with Crippen LogP contribution in [0.1, 0.15) is 12.5 Å². The molecule has 0 saturated heterocycles. The van der Waals surface area contributed by atoms with Gasteiger partial charge < -0.3 is 25.0 Å². The maximum atomic E-state index is 12.4. The van der Waals surface area contributed by atoms with Crippen molar-refractivity contribution in [3.8, 4) is 17.6 Å². The van der Waals surface area contributed by atoms with E-state index in [2.05, 4.69) is 10.6 Å². The maximum Gasteiger partial charge on any atom is 0.279 e. The summed E-state index contributed by atoms with van der Waals surface area (Å²) in [5.41, 5.74) is 1.77. The fourth-order valence-corrected chi connectivity index (χ4v) is 2.93. The monoisotopic (exact) mass is 395 g/mol. The van der Waals surface area contributed by atoms with Crippen molar-refractivity contribution >= 4 is 23.2 Å². The predicted octanol–water partition coefficient (Wildman–Crippen LogP) is 0.811. The van der Waals surface area contributed by atoms with Crippen molar-refractivity contribution in [2.75, 3.05) is 43.5 Å². The lowest BCUT2D eigenvalue weighted by molar-refractivity contribution is -0.881. The summed E-state index contributed by atoms with van der Waals surface area (Å²) in [4.78, 5) is 25.5. The van der Waals surface area contributed by atoms with Gasteiger partial charge in [-0.15, -0.1) is 0 Å². The van der Waals surface area contributed by atoms with Crippen molar-refractivity contribution in [1.82, 2.24) is 0 Å². The van der Waals surface area contributed by atoms with Gasteiger partial charge in [0.2, 0.25) is 0 Å². The van der Waals surface area contributed by atoms with Crippen LogP contribution in [0, 0.1) is 11.3 Å². The SMILES string of the molecule is CC[NH+](CC(=O)Nc1ccc(C#N)cc1)CC(=O)Nc1ccc2c(c1)OCCO2. The normalized spacial score (nSPS) is 13.1. The minimum absolute atomic E-state index is 0.158. The predicted molar refractivity (Wildman–Crippen MR) is 107 cm³/mol. The number of benzene rings is 2. The molecule has 150 valence electrons. The summed E-state index contributed by atoms with van der Waals surface area (Å²) in [6.07, 6.45) is 0. The average Bonchev–Trinajstić information content (AvgIpc) is 2.73. The highest BCUT2D eigenvalue weighted by atomic mass is 16.6. The molecule has 1 atom stereocenters. The largest absolute Gasteiger partial charge is 0.486 e. The van der Waals surface area contributed by atoms with E-state index in [9.17, 15) is 9.59 Å². The standard InChI is InChI=1S/C21H22N4O4/c1-2-25(13-20(26)23-16-5-3-15(12-22)4-6-16)14-21(27)24-17-7-8-18-19(11-17)29-10-9-28-18/h3-8,11H,2,9-10,13-14H2,1H3,(H,23,26)(H,24,27)/p+1. The Morgan fingerprint density at radius 3 is 2.17 bits per heavy atom. The zero-order valence-electron chi connectivity index (χ0n) is 16.2. The van der Waals surface area contributed by atoms with Crippen molar-refractivity contribution in [2.45, 2.75) is 6.92 Å². The number of anilines is 2. The molecule has 2 aromatic carbocycles. The molecule has 0 fully saturated rings. The van der Waals surface area contributed by atoms with Gasteiger partial charge in [0.15, 0.2) is 24.6 Å². The molecule has 1 aliphatic rings. The quantitative estimate of drug-likeness (QED) is 0.644. The Hall–Kier alpha value is -3.57. The van der Waals surface area contributed by atoms with Crippen LogP contribution in [-0.4, -0.2) is 44.7 Å². The number of nitriles is 1. The molecule has 0 aromatic heterocycles. The molecule has 29 heavy (non-hydrogen) atoms. The van der Waals surface area contributed by atoms with Crippen LogP contribution in [0.2, 0.25) is 0 Å². The highest BCUT2D eigenvalue weighted by molar-refractivity contribution is 5.93. The number of carbonyl (C=O) groups is 2. The third-order valence-corrected chi connectivity index (χ3v) is 4.44. The Morgan fingerprint density at radius 2 is 1.55 bits per heavy atom. The van der Waals surface area contributed by atoms with Gasteiger partial charge in [-0.25, -0.2) is 0 Å². The minimum Gasteiger partial charge on any atom is -0.486 e. The van der Waals surface area contributed by atoms with Gasteiger partial charge in [0.1, 0.15) is 13.2 Å². The molecule has 0 radical (unpaired) electrons. The van der Waals surface area contributed by atoms with E-state index in [1.165, 1.54) is 0 Å². The Kier molecular flexibility index (Phi) is 6.66. The molecule has 3 N–H and O–H groups in total. The molecule has 1 aliphatic heterocycles. The molecule has 3 rings (SSSR count). The maximum absolute atomic E-state index is 12.4. The zero-order chi connectivity index (χ0) is 20.6. The number of ether oxygens (including phenoxy) is 2. The van der Waals surface area contributed by atoms with Gasteiger partial charge >= 0.3 is 0 Å². The molecule has 2 aromatic rings. The molecule has 8 nitrogen and oxygen atoms in total. The van der Waals surface area contributed by atoms with Crippen molar-refractivity contribution in [2.24, 2.45) is 0 Å². The summed E-state index contributed by atoms with van der Waals surface area (Å²) in [7, 11) is 0. The first-order chi connectivity index (χ1) is 14.1. The second-order valence-corrected chi connectivity index (χ2v) is 6.60. The Bertz CT molecular complexity index is 921. The van der Waals surface area contributed by atoms with Crippen LogP contribution in [0.3, 0.4) is 0 Å². The van der Waals surface area contributed by atoms with E-state index in [1.54, 1.807) is 42.5 Å². The summed E-state index contributed by atoms with van der Waals surface area (Å²) in [5, 5.41) is 14.4. The fourth-order valence-electron chi connectivity index (χ4n) is 2.93. The van der Waals surface area contributed by atoms with E-state index < -0.39 is 0 Å². The number of quaternary nitrogens is 1. The van der Waals surface area contributed by atoms with Crippen molar-refractivity contribution in [3.63, 3.8) is 0 Å². The van der Waals surface area contributed by atoms with E-state index >= 15 is 0 Å². The first-order valence-electron chi connectivity index (χ1n) is 9.40. The van der Waals surface area contributed by atoms with Crippen molar-refractivity contribution < 1.29 is 24.0 Å². The third kappa shape index (κ3) is 5.70. The smallest absolute Gasteiger partial charge is 0.279 e. The summed E-state index contributed by atoms with van der Waals surface area (Å²) < 4.78 is 11.0. The molecule has 0 spiro atoms. The second-order valence-electron chi connectivity index (χ2n) is 6.60. The number of nitrogens with one attached hydrogen (secondary N) is 3. The zero-order valence-corrected chi connectivity index (χ0v) is 16.2. The molecule has 0 aliphatic carbocycles. The van der Waals surface area contributed by atoms with Crippen LogP contribution < -0.4 is 25.0 Å². The number of likely N-dealkylation sites (N-methyl/N-ethyl adjacent to an activating group) is 1. The van der Waals surface area contributed by atoms with Gasteiger partial charge in [-0.05, 0) is 43.3 Å². The number of hydrogen-bond acceptors (Lipinski definition) is 5. The fraction of sp³-hybridized carbons (Fsp3) is 0.286. The van der Waals surface area contributed by atoms with Crippen molar-refractivity contribution in [1.29, 1.82) is 5.26 Å². The molecule has 1 heterocycles. The van der Waals surface area contributed by atoms with E-state index in [4.69, 9.17) is 14.7 Å². The molecule has 2 amide bonds. The lowest BCUT2D eigenvalue weighted by Gasteiger charge is -2.20. The summed E-state index contributed by atoms with van der Waals surface area (Å²) in [5.74, 6) is 0.883. The van der Waals surface area contributed by atoms with Crippen LogP contribution in [0.5, 0.6) is 11.5 Å². The van der Waals surface area contributed by atoms with Crippen LogP contribution in [0.4, 0.5) is 11.4 Å². The molecular formula is C21H23N4O4+. The topological polar surface area (TPSA) is 105 Å². The van der Waals surface area contributed by atoms with Crippen LogP contribution in [-0.2, 0) is 9.59 Å². The van der Waals surface area contributed by atoms with Crippen LogP contribution in [0.25, 0.3) is 0 Å². The first-order valence-corrected chi connectivity index (χ1v) is 9.40. The second kappa shape index (κ2) is 9.57. The highest BCUT2D eigenvalue weighted by Crippen LogP contribution is 2.32. The number of nitrogens with zero attached hydrogens (tertiary/aromatic N) is 1. The van der Waals surface area contributed by atoms with E-state index in [0.717, 1.165) is 4.90 Å². The third-order valence-electron chi connectivity index (χ3n) is 4.44. The van der Waals surface area contributed by atoms with E-state index in [0.29, 0.717) is 48.2 Å². The van der Waals surface area contributed by atoms with Gasteiger partial charge in [-0.1, -0.05) is 0 Å². The number of fused-ring (bicyclic) bond motifs is 1. The number of amides is 2.